The molecule has 0 radical (unpaired) electrons. The molecule has 4 nitrogen and oxygen atoms in total. The Labute approximate surface area is 123 Å². The summed E-state index contributed by atoms with van der Waals surface area (Å²) < 4.78 is 1.69. The molecule has 1 aliphatic rings. The Morgan fingerprint density at radius 2 is 2.10 bits per heavy atom. The lowest BCUT2D eigenvalue weighted by Gasteiger charge is -2.28. The quantitative estimate of drug-likeness (QED) is 0.852. The molecule has 0 saturated heterocycles. The van der Waals surface area contributed by atoms with Crippen LogP contribution in [-0.4, -0.2) is 27.1 Å². The van der Waals surface area contributed by atoms with Crippen LogP contribution in [0.4, 0.5) is 0 Å². The van der Waals surface area contributed by atoms with Gasteiger partial charge in [0.05, 0.1) is 5.02 Å². The van der Waals surface area contributed by atoms with Crippen LogP contribution in [0.15, 0.2) is 30.5 Å². The highest BCUT2D eigenvalue weighted by Gasteiger charge is 2.25. The minimum atomic E-state index is -0.0864. The molecule has 2 heterocycles. The van der Waals surface area contributed by atoms with Crippen LogP contribution in [0.25, 0.3) is 0 Å². The van der Waals surface area contributed by atoms with Crippen LogP contribution in [0.5, 0.6) is 0 Å². The number of halogens is 1. The van der Waals surface area contributed by atoms with E-state index in [0.717, 1.165) is 6.42 Å². The molecule has 1 aliphatic heterocycles. The Hall–Kier alpha value is -1.81. The fourth-order valence-electron chi connectivity index (χ4n) is 2.52. The van der Waals surface area contributed by atoms with Gasteiger partial charge in [0.1, 0.15) is 0 Å². The number of amides is 1. The number of carbonyl (C=O) groups excluding carboxylic acids is 1. The maximum Gasteiger partial charge on any atom is 0.276 e. The first kappa shape index (κ1) is 13.2. The van der Waals surface area contributed by atoms with E-state index in [1.54, 1.807) is 10.9 Å². The van der Waals surface area contributed by atoms with E-state index < -0.39 is 0 Å². The van der Waals surface area contributed by atoms with E-state index in [4.69, 9.17) is 11.6 Å². The average Bonchev–Trinajstić information content (AvgIpc) is 2.87. The van der Waals surface area contributed by atoms with E-state index in [0.29, 0.717) is 30.4 Å². The smallest absolute Gasteiger partial charge is 0.276 e. The predicted octanol–water partition coefficient (Wildman–Crippen LogP) is 2.75. The number of rotatable bonds is 2. The molecule has 1 aromatic heterocycles. The second kappa shape index (κ2) is 5.29. The molecule has 5 heteroatoms. The van der Waals surface area contributed by atoms with Gasteiger partial charge in [-0.15, -0.1) is 0 Å². The van der Waals surface area contributed by atoms with E-state index in [1.165, 1.54) is 11.1 Å². The highest BCUT2D eigenvalue weighted by molar-refractivity contribution is 6.33. The van der Waals surface area contributed by atoms with Gasteiger partial charge in [0.25, 0.3) is 5.91 Å². The van der Waals surface area contributed by atoms with Crippen molar-refractivity contribution >= 4 is 17.5 Å². The Balaban J connectivity index is 1.84. The normalized spacial score (nSPS) is 14.2. The Bertz CT molecular complexity index is 650. The molecule has 1 amide bonds. The molecule has 0 spiro atoms. The van der Waals surface area contributed by atoms with Gasteiger partial charge in [0.15, 0.2) is 5.69 Å². The van der Waals surface area contributed by atoms with Crippen molar-refractivity contribution in [2.24, 2.45) is 0 Å². The topological polar surface area (TPSA) is 38.1 Å². The average molecular weight is 290 g/mol. The number of carbonyl (C=O) groups is 1. The van der Waals surface area contributed by atoms with Gasteiger partial charge in [-0.1, -0.05) is 35.9 Å². The first-order valence-electron chi connectivity index (χ1n) is 6.78. The summed E-state index contributed by atoms with van der Waals surface area (Å²) in [4.78, 5) is 14.3. The van der Waals surface area contributed by atoms with Crippen LogP contribution in [0, 0.1) is 0 Å². The molecule has 0 atom stereocenters. The highest BCUT2D eigenvalue weighted by Crippen LogP contribution is 2.22. The minimum Gasteiger partial charge on any atom is -0.333 e. The Morgan fingerprint density at radius 3 is 2.80 bits per heavy atom. The molecule has 0 aliphatic carbocycles. The molecule has 0 unspecified atom stereocenters. The van der Waals surface area contributed by atoms with Crippen molar-refractivity contribution in [3.05, 3.63) is 52.3 Å². The van der Waals surface area contributed by atoms with Crippen molar-refractivity contribution < 1.29 is 4.79 Å². The number of fused-ring (bicyclic) bond motifs is 1. The van der Waals surface area contributed by atoms with Gasteiger partial charge in [-0.05, 0) is 24.5 Å². The summed E-state index contributed by atoms with van der Waals surface area (Å²) in [6.07, 6.45) is 2.58. The lowest BCUT2D eigenvalue weighted by molar-refractivity contribution is 0.0728. The van der Waals surface area contributed by atoms with E-state index in [-0.39, 0.29) is 5.91 Å². The molecule has 104 valence electrons. The Morgan fingerprint density at radius 1 is 1.35 bits per heavy atom. The molecule has 0 saturated carbocycles. The van der Waals surface area contributed by atoms with Crippen molar-refractivity contribution in [3.63, 3.8) is 0 Å². The molecule has 2 aromatic rings. The van der Waals surface area contributed by atoms with E-state index in [2.05, 4.69) is 17.2 Å². The summed E-state index contributed by atoms with van der Waals surface area (Å²) in [5.74, 6) is -0.0864. The van der Waals surface area contributed by atoms with Gasteiger partial charge in [-0.25, -0.2) is 0 Å². The van der Waals surface area contributed by atoms with Crippen molar-refractivity contribution in [2.45, 2.75) is 26.4 Å². The third-order valence-corrected chi connectivity index (χ3v) is 3.94. The number of aromatic nitrogens is 2. The standard InChI is InChI=1S/C15H16ClN3O/c1-2-19-10-13(16)14(17-19)15(20)18-8-7-11-5-3-4-6-12(11)9-18/h3-6,10H,2,7-9H2,1H3. The molecule has 0 fully saturated rings. The molecular weight excluding hydrogens is 274 g/mol. The van der Waals surface area contributed by atoms with Gasteiger partial charge in [-0.3, -0.25) is 9.48 Å². The summed E-state index contributed by atoms with van der Waals surface area (Å²) >= 11 is 6.11. The first-order valence-corrected chi connectivity index (χ1v) is 7.16. The molecule has 1 aromatic carbocycles. The fraction of sp³-hybridized carbons (Fsp3) is 0.333. The van der Waals surface area contributed by atoms with Gasteiger partial charge >= 0.3 is 0 Å². The van der Waals surface area contributed by atoms with Gasteiger partial charge in [0.2, 0.25) is 0 Å². The zero-order valence-corrected chi connectivity index (χ0v) is 12.1. The number of hydrogen-bond donors (Lipinski definition) is 0. The van der Waals surface area contributed by atoms with E-state index in [1.807, 2.05) is 24.0 Å². The molecule has 20 heavy (non-hydrogen) atoms. The van der Waals surface area contributed by atoms with Gasteiger partial charge in [-0.2, -0.15) is 5.10 Å². The SMILES string of the molecule is CCn1cc(Cl)c(C(=O)N2CCc3ccccc3C2)n1. The number of benzene rings is 1. The van der Waals surface area contributed by atoms with Crippen molar-refractivity contribution in [2.75, 3.05) is 6.54 Å². The number of aryl methyl sites for hydroxylation is 1. The fourth-order valence-corrected chi connectivity index (χ4v) is 2.75. The van der Waals surface area contributed by atoms with E-state index in [9.17, 15) is 4.79 Å². The predicted molar refractivity (Wildman–Crippen MR) is 77.8 cm³/mol. The molecule has 0 bridgehead atoms. The lowest BCUT2D eigenvalue weighted by atomic mass is 10.00. The second-order valence-electron chi connectivity index (χ2n) is 4.93. The summed E-state index contributed by atoms with van der Waals surface area (Å²) in [5.41, 5.74) is 2.88. The van der Waals surface area contributed by atoms with E-state index >= 15 is 0 Å². The van der Waals surface area contributed by atoms with Crippen LogP contribution in [-0.2, 0) is 19.5 Å². The maximum absolute atomic E-state index is 12.5. The van der Waals surface area contributed by atoms with Crippen LogP contribution in [0.3, 0.4) is 0 Å². The monoisotopic (exact) mass is 289 g/mol. The van der Waals surface area contributed by atoms with Crippen molar-refractivity contribution in [1.29, 1.82) is 0 Å². The Kier molecular flexibility index (Phi) is 3.49. The van der Waals surface area contributed by atoms with Crippen molar-refractivity contribution in [1.82, 2.24) is 14.7 Å². The number of nitrogens with zero attached hydrogens (tertiary/aromatic N) is 3. The zero-order chi connectivity index (χ0) is 14.1. The minimum absolute atomic E-state index is 0.0864. The van der Waals surface area contributed by atoms with Crippen LogP contribution < -0.4 is 0 Å². The summed E-state index contributed by atoms with van der Waals surface area (Å²) in [5, 5.41) is 4.68. The second-order valence-corrected chi connectivity index (χ2v) is 5.33. The van der Waals surface area contributed by atoms with Crippen LogP contribution in [0.2, 0.25) is 5.02 Å². The lowest BCUT2D eigenvalue weighted by Crippen LogP contribution is -2.36. The third-order valence-electron chi connectivity index (χ3n) is 3.66. The molecule has 0 N–H and O–H groups in total. The summed E-state index contributed by atoms with van der Waals surface area (Å²) in [6.45, 7) is 4.01. The highest BCUT2D eigenvalue weighted by atomic mass is 35.5. The van der Waals surface area contributed by atoms with Crippen LogP contribution >= 0.6 is 11.6 Å². The zero-order valence-electron chi connectivity index (χ0n) is 11.3. The first-order chi connectivity index (χ1) is 9.69. The van der Waals surface area contributed by atoms with Gasteiger partial charge in [0, 0.05) is 25.8 Å². The van der Waals surface area contributed by atoms with Crippen LogP contribution in [0.1, 0.15) is 28.5 Å². The molecular formula is C15H16ClN3O. The maximum atomic E-state index is 12.5. The summed E-state index contributed by atoms with van der Waals surface area (Å²) in [7, 11) is 0. The van der Waals surface area contributed by atoms with Crippen molar-refractivity contribution in [3.8, 4) is 0 Å². The van der Waals surface area contributed by atoms with Gasteiger partial charge < -0.3 is 4.90 Å². The summed E-state index contributed by atoms with van der Waals surface area (Å²) in [6, 6.07) is 8.23. The largest absolute Gasteiger partial charge is 0.333 e. The number of hydrogen-bond acceptors (Lipinski definition) is 2. The third kappa shape index (κ3) is 2.31. The molecule has 3 rings (SSSR count).